The Kier molecular flexibility index (Phi) is 2.74. The van der Waals surface area contributed by atoms with Crippen LogP contribution in [0, 0.1) is 5.41 Å². The molecule has 3 rings (SSSR count). The Morgan fingerprint density at radius 1 is 1.21 bits per heavy atom. The number of benzene rings is 1. The molecule has 0 saturated heterocycles. The quantitative estimate of drug-likeness (QED) is 0.754. The van der Waals surface area contributed by atoms with Crippen molar-refractivity contribution >= 4 is 57.0 Å². The maximum absolute atomic E-state index is 7.91. The first-order chi connectivity index (χ1) is 8.99. The number of thiazole rings is 1. The summed E-state index contributed by atoms with van der Waals surface area (Å²) in [5.74, 6) is 0.358. The number of halogens is 2. The highest BCUT2D eigenvalue weighted by Crippen LogP contribution is 2.36. The van der Waals surface area contributed by atoms with Crippen LogP contribution in [0.1, 0.15) is 16.0 Å². The van der Waals surface area contributed by atoms with E-state index in [1.807, 2.05) is 0 Å². The van der Waals surface area contributed by atoms with Crippen LogP contribution in [-0.2, 0) is 0 Å². The Labute approximate surface area is 122 Å². The van der Waals surface area contributed by atoms with Crippen molar-refractivity contribution in [3.8, 4) is 0 Å². The molecule has 0 fully saturated rings. The molecular weight excluding hydrogens is 305 g/mol. The van der Waals surface area contributed by atoms with Crippen molar-refractivity contribution in [2.75, 3.05) is 11.5 Å². The lowest BCUT2D eigenvalue weighted by Crippen LogP contribution is -2.02. The smallest absolute Gasteiger partial charge is 0.182 e. The first-order valence-electron chi connectivity index (χ1n) is 5.17. The van der Waals surface area contributed by atoms with Crippen molar-refractivity contribution in [1.29, 1.82) is 5.41 Å². The second kappa shape index (κ2) is 4.19. The van der Waals surface area contributed by atoms with Crippen LogP contribution in [0.4, 0.5) is 10.9 Å². The third-order valence-electron chi connectivity index (χ3n) is 2.70. The molecule has 1 aliphatic heterocycles. The number of hydrogen-bond acceptors (Lipinski definition) is 5. The molecule has 0 unspecified atom stereocenters. The molecule has 0 bridgehead atoms. The summed E-state index contributed by atoms with van der Waals surface area (Å²) < 4.78 is 0. The second-order valence-corrected chi connectivity index (χ2v) is 5.68. The van der Waals surface area contributed by atoms with Crippen LogP contribution in [0.2, 0.25) is 10.0 Å². The Hall–Kier alpha value is -1.63. The van der Waals surface area contributed by atoms with Crippen LogP contribution in [0.15, 0.2) is 17.1 Å². The zero-order chi connectivity index (χ0) is 13.7. The highest BCUT2D eigenvalue weighted by atomic mass is 35.5. The lowest BCUT2D eigenvalue weighted by Gasteiger charge is -2.04. The molecular formula is C11H7Cl2N5S. The monoisotopic (exact) mass is 311 g/mol. The number of fused-ring (bicyclic) bond motifs is 1. The van der Waals surface area contributed by atoms with Gasteiger partial charge in [0.1, 0.15) is 5.82 Å². The van der Waals surface area contributed by atoms with E-state index in [0.29, 0.717) is 37.1 Å². The van der Waals surface area contributed by atoms with Crippen molar-refractivity contribution in [2.24, 2.45) is 4.99 Å². The maximum Gasteiger partial charge on any atom is 0.182 e. The highest BCUT2D eigenvalue weighted by molar-refractivity contribution is 7.18. The molecule has 1 aromatic carbocycles. The number of nitrogen functional groups attached to an aromatic ring is 2. The van der Waals surface area contributed by atoms with Gasteiger partial charge in [-0.25, -0.2) is 9.98 Å². The summed E-state index contributed by atoms with van der Waals surface area (Å²) >= 11 is 13.3. The molecule has 5 nitrogen and oxygen atoms in total. The average Bonchev–Trinajstić information content (AvgIpc) is 2.84. The Morgan fingerprint density at radius 3 is 2.58 bits per heavy atom. The van der Waals surface area contributed by atoms with Crippen LogP contribution in [0.3, 0.4) is 0 Å². The molecule has 96 valence electrons. The van der Waals surface area contributed by atoms with E-state index < -0.39 is 0 Å². The topological polar surface area (TPSA) is 101 Å². The Morgan fingerprint density at radius 2 is 1.95 bits per heavy atom. The van der Waals surface area contributed by atoms with Gasteiger partial charge in [-0.15, -0.1) is 0 Å². The molecule has 1 aliphatic rings. The molecule has 5 N–H and O–H groups in total. The first-order valence-corrected chi connectivity index (χ1v) is 6.74. The van der Waals surface area contributed by atoms with E-state index >= 15 is 0 Å². The lowest BCUT2D eigenvalue weighted by atomic mass is 10.0. The van der Waals surface area contributed by atoms with Gasteiger partial charge in [0.25, 0.3) is 0 Å². The summed E-state index contributed by atoms with van der Waals surface area (Å²) in [7, 11) is 0. The summed E-state index contributed by atoms with van der Waals surface area (Å²) in [6, 6.07) is 3.43. The number of hydrogen-bond donors (Lipinski definition) is 3. The fourth-order valence-corrected chi connectivity index (χ4v) is 3.07. The van der Waals surface area contributed by atoms with Gasteiger partial charge in [0.05, 0.1) is 20.6 Å². The van der Waals surface area contributed by atoms with Gasteiger partial charge >= 0.3 is 0 Å². The SMILES string of the molecule is N=C1N=C(c2sc(N)nc2N)c2ccc(Cl)c(Cl)c21. The zero-order valence-corrected chi connectivity index (χ0v) is 11.7. The third kappa shape index (κ3) is 1.80. The van der Waals surface area contributed by atoms with Crippen LogP contribution in [0.5, 0.6) is 0 Å². The molecule has 0 atom stereocenters. The normalized spacial score (nSPS) is 13.6. The van der Waals surface area contributed by atoms with Crippen LogP contribution in [-0.4, -0.2) is 16.5 Å². The number of anilines is 2. The fourth-order valence-electron chi connectivity index (χ4n) is 1.90. The lowest BCUT2D eigenvalue weighted by molar-refractivity contribution is 1.42. The largest absolute Gasteiger partial charge is 0.382 e. The minimum absolute atomic E-state index is 0.0591. The fraction of sp³-hybridized carbons (Fsp3) is 0. The predicted octanol–water partition coefficient (Wildman–Crippen LogP) is 2.79. The van der Waals surface area contributed by atoms with Crippen molar-refractivity contribution in [3.63, 3.8) is 0 Å². The van der Waals surface area contributed by atoms with Crippen molar-refractivity contribution in [2.45, 2.75) is 0 Å². The van der Waals surface area contributed by atoms with Gasteiger partial charge in [-0.1, -0.05) is 40.6 Å². The minimum atomic E-state index is 0.0591. The molecule has 2 aromatic rings. The number of rotatable bonds is 1. The molecule has 2 heterocycles. The van der Waals surface area contributed by atoms with E-state index in [9.17, 15) is 0 Å². The van der Waals surface area contributed by atoms with Gasteiger partial charge in [0.2, 0.25) is 0 Å². The third-order valence-corrected chi connectivity index (χ3v) is 4.41. The molecule has 19 heavy (non-hydrogen) atoms. The van der Waals surface area contributed by atoms with Crippen LogP contribution >= 0.6 is 34.5 Å². The van der Waals surface area contributed by atoms with E-state index in [1.54, 1.807) is 12.1 Å². The van der Waals surface area contributed by atoms with Gasteiger partial charge in [0, 0.05) is 11.1 Å². The van der Waals surface area contributed by atoms with E-state index in [2.05, 4.69) is 9.98 Å². The molecule has 0 aliphatic carbocycles. The first kappa shape index (κ1) is 12.4. The van der Waals surface area contributed by atoms with Gasteiger partial charge in [-0.05, 0) is 6.07 Å². The van der Waals surface area contributed by atoms with Crippen LogP contribution < -0.4 is 11.5 Å². The number of aromatic nitrogens is 1. The average molecular weight is 312 g/mol. The Balaban J connectivity index is 2.24. The van der Waals surface area contributed by atoms with Crippen molar-refractivity contribution in [1.82, 2.24) is 4.98 Å². The zero-order valence-electron chi connectivity index (χ0n) is 9.37. The second-order valence-electron chi connectivity index (χ2n) is 3.86. The van der Waals surface area contributed by atoms with Crippen molar-refractivity contribution in [3.05, 3.63) is 38.2 Å². The number of nitrogens with zero attached hydrogens (tertiary/aromatic N) is 2. The molecule has 1 aromatic heterocycles. The standard InChI is InChI=1S/C11H7Cl2N5S/c12-4-2-1-3-5(6(4)13)9(14)17-7(3)8-10(15)18-11(16)19-8/h1-2,14H,15H2,(H2,16,18). The molecule has 0 saturated carbocycles. The number of amidine groups is 1. The summed E-state index contributed by atoms with van der Waals surface area (Å²) in [6.45, 7) is 0. The number of aliphatic imine (C=N–C) groups is 1. The van der Waals surface area contributed by atoms with Gasteiger partial charge in [-0.2, -0.15) is 0 Å². The highest BCUT2D eigenvalue weighted by Gasteiger charge is 2.28. The molecule has 0 amide bonds. The summed E-state index contributed by atoms with van der Waals surface area (Å²) in [5.41, 5.74) is 13.2. The van der Waals surface area contributed by atoms with E-state index in [-0.39, 0.29) is 5.84 Å². The van der Waals surface area contributed by atoms with Gasteiger partial charge < -0.3 is 11.5 Å². The van der Waals surface area contributed by atoms with E-state index in [0.717, 1.165) is 5.56 Å². The molecule has 8 heteroatoms. The summed E-state index contributed by atoms with van der Waals surface area (Å²) in [5, 5.41) is 8.97. The van der Waals surface area contributed by atoms with Gasteiger partial charge in [-0.3, -0.25) is 5.41 Å². The van der Waals surface area contributed by atoms with Crippen LogP contribution in [0.25, 0.3) is 0 Å². The molecule has 0 radical (unpaired) electrons. The number of nitrogens with two attached hydrogens (primary N) is 2. The summed E-state index contributed by atoms with van der Waals surface area (Å²) in [4.78, 5) is 8.79. The van der Waals surface area contributed by atoms with Crippen molar-refractivity contribution < 1.29 is 0 Å². The minimum Gasteiger partial charge on any atom is -0.382 e. The molecule has 0 spiro atoms. The predicted molar refractivity (Wildman–Crippen MR) is 79.9 cm³/mol. The number of nitrogens with one attached hydrogen (secondary N) is 1. The van der Waals surface area contributed by atoms with E-state index in [4.69, 9.17) is 40.1 Å². The van der Waals surface area contributed by atoms with E-state index in [1.165, 1.54) is 11.3 Å². The van der Waals surface area contributed by atoms with Gasteiger partial charge in [0.15, 0.2) is 11.0 Å². The summed E-state index contributed by atoms with van der Waals surface area (Å²) in [6.07, 6.45) is 0. The maximum atomic E-state index is 7.91. The Bertz CT molecular complexity index is 750.